The summed E-state index contributed by atoms with van der Waals surface area (Å²) in [4.78, 5) is 0. The fraction of sp³-hybridized carbons (Fsp3) is 0.267. The Balaban J connectivity index is 1.95. The third kappa shape index (κ3) is 3.08. The van der Waals surface area contributed by atoms with Gasteiger partial charge in [0.25, 0.3) is 0 Å². The number of oxime groups is 1. The Bertz CT molecular complexity index is 463. The van der Waals surface area contributed by atoms with Gasteiger partial charge in [-0.15, -0.1) is 0 Å². The molecule has 1 aromatic rings. The zero-order valence-electron chi connectivity index (χ0n) is 10.4. The molecule has 0 saturated carbocycles. The molecule has 0 radical (unpaired) electrons. The summed E-state index contributed by atoms with van der Waals surface area (Å²) in [6, 6.07) is 10.1. The molecule has 1 N–H and O–H groups in total. The molecule has 0 fully saturated rings. The quantitative estimate of drug-likeness (QED) is 0.501. The summed E-state index contributed by atoms with van der Waals surface area (Å²) in [5.74, 6) is 0.189. The summed E-state index contributed by atoms with van der Waals surface area (Å²) >= 11 is 0. The third-order valence-corrected chi connectivity index (χ3v) is 3.10. The number of benzene rings is 1. The summed E-state index contributed by atoms with van der Waals surface area (Å²) in [5.41, 5.74) is 2.13. The SMILES string of the molecule is CC1C(/C=N/O)=CC=CC1OCc1ccccc1. The van der Waals surface area contributed by atoms with Crippen molar-refractivity contribution in [3.05, 3.63) is 59.7 Å². The van der Waals surface area contributed by atoms with Gasteiger partial charge in [0, 0.05) is 5.92 Å². The lowest BCUT2D eigenvalue weighted by Crippen LogP contribution is -2.23. The minimum atomic E-state index is 0.0169. The zero-order valence-corrected chi connectivity index (χ0v) is 10.4. The largest absolute Gasteiger partial charge is 0.411 e. The Hall–Kier alpha value is -1.87. The molecule has 3 heteroatoms. The Morgan fingerprint density at radius 3 is 2.83 bits per heavy atom. The molecule has 1 aliphatic rings. The van der Waals surface area contributed by atoms with Gasteiger partial charge in [-0.25, -0.2) is 0 Å². The Morgan fingerprint density at radius 1 is 1.33 bits per heavy atom. The van der Waals surface area contributed by atoms with E-state index in [9.17, 15) is 0 Å². The van der Waals surface area contributed by atoms with E-state index in [4.69, 9.17) is 9.94 Å². The van der Waals surface area contributed by atoms with Crippen LogP contribution in [0.2, 0.25) is 0 Å². The Kier molecular flexibility index (Phi) is 4.31. The second kappa shape index (κ2) is 6.17. The lowest BCUT2D eigenvalue weighted by Gasteiger charge is -2.24. The van der Waals surface area contributed by atoms with Crippen molar-refractivity contribution in [3.8, 4) is 0 Å². The van der Waals surface area contributed by atoms with Crippen molar-refractivity contribution in [3.63, 3.8) is 0 Å². The van der Waals surface area contributed by atoms with Gasteiger partial charge in [0.15, 0.2) is 0 Å². The summed E-state index contributed by atoms with van der Waals surface area (Å²) < 4.78 is 5.89. The molecule has 2 unspecified atom stereocenters. The lowest BCUT2D eigenvalue weighted by atomic mass is 9.91. The van der Waals surface area contributed by atoms with Crippen molar-refractivity contribution in [1.82, 2.24) is 0 Å². The summed E-state index contributed by atoms with van der Waals surface area (Å²) in [6.45, 7) is 2.65. The predicted octanol–water partition coefficient (Wildman–Crippen LogP) is 3.16. The summed E-state index contributed by atoms with van der Waals surface area (Å²) in [7, 11) is 0. The lowest BCUT2D eigenvalue weighted by molar-refractivity contribution is 0.0477. The average Bonchev–Trinajstić information content (AvgIpc) is 2.41. The highest BCUT2D eigenvalue weighted by atomic mass is 16.5. The summed E-state index contributed by atoms with van der Waals surface area (Å²) in [5, 5.41) is 11.7. The van der Waals surface area contributed by atoms with Crippen LogP contribution < -0.4 is 0 Å². The fourth-order valence-corrected chi connectivity index (χ4v) is 1.98. The van der Waals surface area contributed by atoms with Gasteiger partial charge < -0.3 is 9.94 Å². The van der Waals surface area contributed by atoms with Crippen LogP contribution in [0.1, 0.15) is 12.5 Å². The van der Waals surface area contributed by atoms with E-state index in [1.165, 1.54) is 6.21 Å². The van der Waals surface area contributed by atoms with Gasteiger partial charge in [-0.1, -0.05) is 60.6 Å². The van der Waals surface area contributed by atoms with Crippen LogP contribution in [0.3, 0.4) is 0 Å². The number of hydrogen-bond donors (Lipinski definition) is 1. The standard InChI is InChI=1S/C15H17NO2/c1-12-14(10-16-17)8-5-9-15(12)18-11-13-6-3-2-4-7-13/h2-10,12,15,17H,11H2,1H3/b16-10+. The van der Waals surface area contributed by atoms with Crippen LogP contribution in [0.25, 0.3) is 0 Å². The maximum atomic E-state index is 8.59. The van der Waals surface area contributed by atoms with Gasteiger partial charge >= 0.3 is 0 Å². The number of ether oxygens (including phenoxy) is 1. The minimum Gasteiger partial charge on any atom is -0.411 e. The molecule has 0 aromatic heterocycles. The first kappa shape index (κ1) is 12.6. The Labute approximate surface area is 107 Å². The van der Waals surface area contributed by atoms with Crippen molar-refractivity contribution < 1.29 is 9.94 Å². The molecule has 2 rings (SSSR count). The average molecular weight is 243 g/mol. The maximum Gasteiger partial charge on any atom is 0.0829 e. The molecule has 0 amide bonds. The Morgan fingerprint density at radius 2 is 2.11 bits per heavy atom. The highest BCUT2D eigenvalue weighted by Crippen LogP contribution is 2.22. The molecule has 0 bridgehead atoms. The molecule has 2 atom stereocenters. The topological polar surface area (TPSA) is 41.8 Å². The van der Waals surface area contributed by atoms with Crippen molar-refractivity contribution >= 4 is 6.21 Å². The highest BCUT2D eigenvalue weighted by Gasteiger charge is 2.20. The van der Waals surface area contributed by atoms with Crippen LogP contribution in [0.4, 0.5) is 0 Å². The first-order valence-corrected chi connectivity index (χ1v) is 6.02. The molecule has 3 nitrogen and oxygen atoms in total. The number of hydrogen-bond acceptors (Lipinski definition) is 3. The molecule has 0 heterocycles. The van der Waals surface area contributed by atoms with E-state index in [1.807, 2.05) is 48.6 Å². The molecule has 1 aromatic carbocycles. The van der Waals surface area contributed by atoms with Crippen molar-refractivity contribution in [1.29, 1.82) is 0 Å². The van der Waals surface area contributed by atoms with Crippen LogP contribution in [0, 0.1) is 5.92 Å². The van der Waals surface area contributed by atoms with Gasteiger partial charge in [-0.2, -0.15) is 0 Å². The first-order chi connectivity index (χ1) is 8.81. The normalized spacial score (nSPS) is 23.3. The van der Waals surface area contributed by atoms with E-state index in [0.717, 1.165) is 11.1 Å². The van der Waals surface area contributed by atoms with Crippen molar-refractivity contribution in [2.45, 2.75) is 19.6 Å². The molecule has 18 heavy (non-hydrogen) atoms. The van der Waals surface area contributed by atoms with E-state index in [1.54, 1.807) is 0 Å². The van der Waals surface area contributed by atoms with Crippen LogP contribution in [-0.2, 0) is 11.3 Å². The minimum absolute atomic E-state index is 0.0169. The van der Waals surface area contributed by atoms with E-state index < -0.39 is 0 Å². The van der Waals surface area contributed by atoms with Gasteiger partial charge in [-0.3, -0.25) is 0 Å². The molecular weight excluding hydrogens is 226 g/mol. The number of allylic oxidation sites excluding steroid dienone is 2. The van der Waals surface area contributed by atoms with Gasteiger partial charge in [0.2, 0.25) is 0 Å². The second-order valence-electron chi connectivity index (χ2n) is 4.35. The highest BCUT2D eigenvalue weighted by molar-refractivity contribution is 5.79. The molecule has 0 saturated heterocycles. The van der Waals surface area contributed by atoms with E-state index in [0.29, 0.717) is 6.61 Å². The molecule has 1 aliphatic carbocycles. The zero-order chi connectivity index (χ0) is 12.8. The first-order valence-electron chi connectivity index (χ1n) is 6.02. The van der Waals surface area contributed by atoms with Crippen molar-refractivity contribution in [2.75, 3.05) is 0 Å². The van der Waals surface area contributed by atoms with Gasteiger partial charge in [0.1, 0.15) is 0 Å². The summed E-state index contributed by atoms with van der Waals surface area (Å²) in [6.07, 6.45) is 7.39. The third-order valence-electron chi connectivity index (χ3n) is 3.10. The van der Waals surface area contributed by atoms with Crippen LogP contribution in [-0.4, -0.2) is 17.5 Å². The maximum absolute atomic E-state index is 8.59. The van der Waals surface area contributed by atoms with Crippen molar-refractivity contribution in [2.24, 2.45) is 11.1 Å². The van der Waals surface area contributed by atoms with Gasteiger partial charge in [-0.05, 0) is 11.1 Å². The van der Waals surface area contributed by atoms with E-state index in [2.05, 4.69) is 12.1 Å². The fourth-order valence-electron chi connectivity index (χ4n) is 1.98. The van der Waals surface area contributed by atoms with Crippen LogP contribution >= 0.6 is 0 Å². The van der Waals surface area contributed by atoms with Crippen LogP contribution in [0.5, 0.6) is 0 Å². The number of rotatable bonds is 4. The van der Waals surface area contributed by atoms with E-state index >= 15 is 0 Å². The van der Waals surface area contributed by atoms with Crippen LogP contribution in [0.15, 0.2) is 59.3 Å². The van der Waals surface area contributed by atoms with E-state index in [-0.39, 0.29) is 12.0 Å². The smallest absolute Gasteiger partial charge is 0.0829 e. The number of nitrogens with zero attached hydrogens (tertiary/aromatic N) is 1. The molecule has 0 aliphatic heterocycles. The second-order valence-corrected chi connectivity index (χ2v) is 4.35. The molecular formula is C15H17NO2. The molecule has 0 spiro atoms. The molecule has 94 valence electrons. The van der Waals surface area contributed by atoms with Gasteiger partial charge in [0.05, 0.1) is 18.9 Å². The predicted molar refractivity (Wildman–Crippen MR) is 71.7 cm³/mol. The monoisotopic (exact) mass is 243 g/mol.